The van der Waals surface area contributed by atoms with Crippen LogP contribution >= 0.6 is 0 Å². The summed E-state index contributed by atoms with van der Waals surface area (Å²) in [6, 6.07) is 0. The molecule has 2 atom stereocenters. The Bertz CT molecular complexity index is 2560. The summed E-state index contributed by atoms with van der Waals surface area (Å²) in [5.41, 5.74) is -2.23. The lowest BCUT2D eigenvalue weighted by molar-refractivity contribution is -0.215. The number of rotatable bonds is 24. The molecule has 0 aromatic rings. The minimum Gasteiger partial charge on any atom is -0.465 e. The van der Waals surface area contributed by atoms with E-state index >= 15 is 0 Å². The van der Waals surface area contributed by atoms with E-state index in [1.165, 1.54) is 128 Å². The molecule has 0 aromatic heterocycles. The average Bonchev–Trinajstić information content (AvgIpc) is 0.756. The Hall–Kier alpha value is -4.24. The van der Waals surface area contributed by atoms with Crippen LogP contribution in [0.4, 0.5) is 0 Å². The first kappa shape index (κ1) is 74.0. The van der Waals surface area contributed by atoms with Gasteiger partial charge in [0.25, 0.3) is 0 Å². The largest absolute Gasteiger partial charge is 0.465 e. The standard InChI is InChI=1S/2C20H32O4.2C19H30O4/c1-5-19(2,3)18(22)23-7-6-17(21)24-20(4)15-9-13-8-14(11-15)12-16(20)10-13;1-5-19(3,4)18(22)23-12-17(21)24-20(6-2)15-8-13-7-14(10-15)11-16(20)9-13;1-4-12(2)18(21)22-6-5-17(20)23-19(3)15-8-13-7-14(10-15)11-16(19)9-13;1-4-12(3)18(21)22-11-17(20)23-19(5-2)15-7-13-6-14(9-15)10-16(19)8-13/h2*13-16H,5-12H2,1-4H3;2*12-16H,4-11H2,1-3H3. The van der Waals surface area contributed by atoms with Gasteiger partial charge in [-0.1, -0.05) is 55.4 Å². The highest BCUT2D eigenvalue weighted by Crippen LogP contribution is 2.64. The number of hydrogen-bond acceptors (Lipinski definition) is 16. The van der Waals surface area contributed by atoms with E-state index in [0.29, 0.717) is 53.8 Å². The summed E-state index contributed by atoms with van der Waals surface area (Å²) in [6.07, 6.45) is 29.9. The molecule has 16 fully saturated rings. The highest BCUT2D eigenvalue weighted by molar-refractivity contribution is 5.80. The van der Waals surface area contributed by atoms with Crippen LogP contribution in [0.5, 0.6) is 0 Å². The maximum Gasteiger partial charge on any atom is 0.344 e. The van der Waals surface area contributed by atoms with Crippen LogP contribution < -0.4 is 0 Å². The van der Waals surface area contributed by atoms with Gasteiger partial charge in [-0.05, 0) is 303 Å². The second-order valence-electron chi connectivity index (χ2n) is 34.2. The average molecular weight is 1320 g/mol. The van der Waals surface area contributed by atoms with Crippen molar-refractivity contribution in [2.45, 2.75) is 299 Å². The monoisotopic (exact) mass is 1320 g/mol. The Balaban J connectivity index is 0.000000148. The van der Waals surface area contributed by atoms with Crippen molar-refractivity contribution in [2.24, 2.45) is 117 Å². The molecule has 16 aliphatic carbocycles. The second kappa shape index (κ2) is 30.5. The maximum atomic E-state index is 12.4. The third-order valence-electron chi connectivity index (χ3n) is 27.6. The zero-order chi connectivity index (χ0) is 68.3. The highest BCUT2D eigenvalue weighted by atomic mass is 16.6. The summed E-state index contributed by atoms with van der Waals surface area (Å²) >= 11 is 0. The van der Waals surface area contributed by atoms with E-state index in [0.717, 1.165) is 79.4 Å². The van der Waals surface area contributed by atoms with Crippen LogP contribution in [0.1, 0.15) is 277 Å². The smallest absolute Gasteiger partial charge is 0.344 e. The van der Waals surface area contributed by atoms with Gasteiger partial charge < -0.3 is 37.9 Å². The first-order chi connectivity index (χ1) is 44.4. The number of ether oxygens (including phenoxy) is 8. The fourth-order valence-corrected chi connectivity index (χ4v) is 21.3. The molecule has 0 amide bonds. The quantitative estimate of drug-likeness (QED) is 0.0650. The normalized spacial score (nSPS) is 38.2. The lowest BCUT2D eigenvalue weighted by atomic mass is 9.49. The molecule has 0 N–H and O–H groups in total. The van der Waals surface area contributed by atoms with Gasteiger partial charge in [-0.15, -0.1) is 0 Å². The third-order valence-corrected chi connectivity index (χ3v) is 27.6. The van der Waals surface area contributed by atoms with Crippen molar-refractivity contribution in [1.82, 2.24) is 0 Å². The maximum absolute atomic E-state index is 12.4. The van der Waals surface area contributed by atoms with Gasteiger partial charge in [-0.3, -0.25) is 28.8 Å². The van der Waals surface area contributed by atoms with Crippen molar-refractivity contribution in [3.05, 3.63) is 0 Å². The predicted octanol–water partition coefficient (Wildman–Crippen LogP) is 15.7. The molecule has 0 aromatic carbocycles. The first-order valence-corrected chi connectivity index (χ1v) is 38.0. The summed E-state index contributed by atoms with van der Waals surface area (Å²) < 4.78 is 44.8. The second-order valence-corrected chi connectivity index (χ2v) is 34.2. The van der Waals surface area contributed by atoms with Gasteiger partial charge in [0.1, 0.15) is 35.6 Å². The molecule has 16 rings (SSSR count). The zero-order valence-electron chi connectivity index (χ0n) is 60.6. The topological polar surface area (TPSA) is 210 Å². The summed E-state index contributed by atoms with van der Waals surface area (Å²) in [5.74, 6) is 8.45. The molecule has 16 aliphatic rings. The minimum atomic E-state index is -0.550. The first-order valence-electron chi connectivity index (χ1n) is 38.0. The van der Waals surface area contributed by atoms with Crippen LogP contribution in [0, 0.1) is 117 Å². The van der Waals surface area contributed by atoms with Crippen molar-refractivity contribution < 1.29 is 76.3 Å². The minimum absolute atomic E-state index is 0.104. The van der Waals surface area contributed by atoms with Crippen molar-refractivity contribution in [2.75, 3.05) is 26.4 Å². The SMILES string of the molecule is CCC(C)(C)C(=O)OCC(=O)OC1(CC)C2CC3CC(C2)CC1C3.CCC(C)(C)C(=O)OCCC(=O)OC1(C)C2CC3CC(C2)CC1C3.CCC(C)C(=O)OCC(=O)OC1(CC)C2CC3CC(C2)CC1C3.CCC(C)C(=O)OCCC(=O)OC1(C)C2CC3CC(C2)CC1C3. The Labute approximate surface area is 564 Å². The molecule has 0 aliphatic heterocycles. The molecular weight excluding hydrogens is 1190 g/mol. The van der Waals surface area contributed by atoms with Crippen LogP contribution in [0.2, 0.25) is 0 Å². The molecule has 94 heavy (non-hydrogen) atoms. The van der Waals surface area contributed by atoms with E-state index in [1.54, 1.807) is 0 Å². The molecule has 2 unspecified atom stereocenters. The molecule has 16 saturated carbocycles. The zero-order valence-corrected chi connectivity index (χ0v) is 60.6. The fourth-order valence-electron chi connectivity index (χ4n) is 21.3. The van der Waals surface area contributed by atoms with Gasteiger partial charge >= 0.3 is 47.8 Å². The van der Waals surface area contributed by atoms with E-state index in [2.05, 4.69) is 27.7 Å². The van der Waals surface area contributed by atoms with Gasteiger partial charge in [0.2, 0.25) is 0 Å². The van der Waals surface area contributed by atoms with Gasteiger partial charge in [-0.2, -0.15) is 0 Å². The predicted molar refractivity (Wildman–Crippen MR) is 356 cm³/mol. The molecule has 0 saturated heterocycles. The Kier molecular flexibility index (Phi) is 24.0. The molecule has 16 nitrogen and oxygen atoms in total. The number of carbonyl (C=O) groups is 8. The van der Waals surface area contributed by atoms with Crippen molar-refractivity contribution in [1.29, 1.82) is 0 Å². The van der Waals surface area contributed by atoms with E-state index in [4.69, 9.17) is 37.9 Å². The third kappa shape index (κ3) is 16.2. The molecule has 0 heterocycles. The van der Waals surface area contributed by atoms with Crippen molar-refractivity contribution in [3.63, 3.8) is 0 Å². The molecular formula is C78H124O16. The van der Waals surface area contributed by atoms with E-state index < -0.39 is 10.8 Å². The molecule has 0 spiro atoms. The molecule has 16 heteroatoms. The summed E-state index contributed by atoms with van der Waals surface area (Å²) in [6.45, 7) is 27.2. The van der Waals surface area contributed by atoms with Crippen LogP contribution in [0.25, 0.3) is 0 Å². The summed E-state index contributed by atoms with van der Waals surface area (Å²) in [7, 11) is 0. The van der Waals surface area contributed by atoms with Crippen LogP contribution in [-0.4, -0.2) is 96.6 Å². The van der Waals surface area contributed by atoms with Gasteiger partial charge in [0, 0.05) is 0 Å². The molecule has 16 bridgehead atoms. The van der Waals surface area contributed by atoms with Gasteiger partial charge in [-0.25, -0.2) is 9.59 Å². The highest BCUT2D eigenvalue weighted by Gasteiger charge is 2.62. The summed E-state index contributed by atoms with van der Waals surface area (Å²) in [5, 5.41) is 0. The van der Waals surface area contributed by atoms with E-state index in [9.17, 15) is 38.4 Å². The van der Waals surface area contributed by atoms with E-state index in [1.807, 2.05) is 69.2 Å². The lowest BCUT2D eigenvalue weighted by Gasteiger charge is -2.60. The van der Waals surface area contributed by atoms with Crippen LogP contribution in [0.15, 0.2) is 0 Å². The number of esters is 8. The molecule has 0 radical (unpaired) electrons. The van der Waals surface area contributed by atoms with Gasteiger partial charge in [0.05, 0.1) is 35.5 Å². The molecule has 532 valence electrons. The Morgan fingerprint density at radius 2 is 0.617 bits per heavy atom. The van der Waals surface area contributed by atoms with E-state index in [-0.39, 0.29) is 121 Å². The number of hydrogen-bond donors (Lipinski definition) is 0. The van der Waals surface area contributed by atoms with Gasteiger partial charge in [0.15, 0.2) is 13.2 Å². The number of carbonyl (C=O) groups excluding carboxylic acids is 8. The lowest BCUT2D eigenvalue weighted by Crippen LogP contribution is -2.59. The van der Waals surface area contributed by atoms with Crippen LogP contribution in [-0.2, 0) is 76.3 Å². The summed E-state index contributed by atoms with van der Waals surface area (Å²) in [4.78, 5) is 96.7. The van der Waals surface area contributed by atoms with Crippen molar-refractivity contribution >= 4 is 47.8 Å². The Morgan fingerprint density at radius 1 is 0.351 bits per heavy atom. The Morgan fingerprint density at radius 3 is 0.904 bits per heavy atom. The fraction of sp³-hybridized carbons (Fsp3) is 0.897. The van der Waals surface area contributed by atoms with Crippen LogP contribution in [0.3, 0.4) is 0 Å². The van der Waals surface area contributed by atoms with Crippen molar-refractivity contribution in [3.8, 4) is 0 Å².